The standard InChI is InChI=1S/C15H17BrN2O2/c1-9-7-10-8-11(16)5-6-12(10)13(17-9)18-14(19)20-15(2,3)4/h5-8H,1-4H3,(H,17,18,19). The Hall–Kier alpha value is -1.62. The van der Waals surface area contributed by atoms with Crippen molar-refractivity contribution in [1.82, 2.24) is 4.98 Å². The number of anilines is 1. The molecule has 0 saturated heterocycles. The van der Waals surface area contributed by atoms with Gasteiger partial charge in [0.2, 0.25) is 0 Å². The van der Waals surface area contributed by atoms with E-state index in [1.54, 1.807) is 0 Å². The molecule has 0 aliphatic rings. The maximum absolute atomic E-state index is 11.9. The molecule has 0 atom stereocenters. The molecule has 0 aliphatic carbocycles. The van der Waals surface area contributed by atoms with Crippen LogP contribution in [0.25, 0.3) is 10.8 Å². The lowest BCUT2D eigenvalue weighted by molar-refractivity contribution is 0.0635. The highest BCUT2D eigenvalue weighted by molar-refractivity contribution is 9.10. The zero-order chi connectivity index (χ0) is 14.9. The molecule has 1 N–H and O–H groups in total. The van der Waals surface area contributed by atoms with Gasteiger partial charge in [-0.1, -0.05) is 15.9 Å². The summed E-state index contributed by atoms with van der Waals surface area (Å²) in [6.07, 6.45) is -0.500. The van der Waals surface area contributed by atoms with Crippen LogP contribution in [0.15, 0.2) is 28.7 Å². The van der Waals surface area contributed by atoms with Gasteiger partial charge in [-0.2, -0.15) is 0 Å². The monoisotopic (exact) mass is 336 g/mol. The fourth-order valence-electron chi connectivity index (χ4n) is 1.86. The lowest BCUT2D eigenvalue weighted by atomic mass is 10.1. The van der Waals surface area contributed by atoms with Crippen LogP contribution in [0, 0.1) is 6.92 Å². The smallest absolute Gasteiger partial charge is 0.413 e. The lowest BCUT2D eigenvalue weighted by Crippen LogP contribution is -2.27. The molecule has 0 fully saturated rings. The summed E-state index contributed by atoms with van der Waals surface area (Å²) in [5.74, 6) is 0.516. The molecular weight excluding hydrogens is 320 g/mol. The largest absolute Gasteiger partial charge is 0.444 e. The van der Waals surface area contributed by atoms with E-state index in [4.69, 9.17) is 4.74 Å². The number of pyridine rings is 1. The first-order valence-corrected chi connectivity index (χ1v) is 7.11. The average molecular weight is 337 g/mol. The van der Waals surface area contributed by atoms with Gasteiger partial charge >= 0.3 is 6.09 Å². The van der Waals surface area contributed by atoms with E-state index in [1.807, 2.05) is 52.0 Å². The number of rotatable bonds is 1. The number of carbonyl (C=O) groups excluding carboxylic acids is 1. The number of nitrogens with zero attached hydrogens (tertiary/aromatic N) is 1. The van der Waals surface area contributed by atoms with Crippen molar-refractivity contribution < 1.29 is 9.53 Å². The average Bonchev–Trinajstić information content (AvgIpc) is 2.24. The molecule has 1 heterocycles. The van der Waals surface area contributed by atoms with E-state index >= 15 is 0 Å². The van der Waals surface area contributed by atoms with Crippen LogP contribution >= 0.6 is 15.9 Å². The summed E-state index contributed by atoms with van der Waals surface area (Å²) in [6.45, 7) is 7.36. The summed E-state index contributed by atoms with van der Waals surface area (Å²) in [6, 6.07) is 7.79. The predicted octanol–water partition coefficient (Wildman–Crippen LogP) is 4.65. The first-order chi connectivity index (χ1) is 9.24. The summed E-state index contributed by atoms with van der Waals surface area (Å²) in [7, 11) is 0. The third kappa shape index (κ3) is 3.70. The van der Waals surface area contributed by atoms with Gasteiger partial charge in [0.05, 0.1) is 0 Å². The number of hydrogen-bond donors (Lipinski definition) is 1. The quantitative estimate of drug-likeness (QED) is 0.824. The number of amides is 1. The highest BCUT2D eigenvalue weighted by Crippen LogP contribution is 2.26. The van der Waals surface area contributed by atoms with Gasteiger partial charge < -0.3 is 4.74 Å². The van der Waals surface area contributed by atoms with Crippen LogP contribution in [0.3, 0.4) is 0 Å². The summed E-state index contributed by atoms with van der Waals surface area (Å²) >= 11 is 3.44. The maximum atomic E-state index is 11.9. The van der Waals surface area contributed by atoms with Crippen molar-refractivity contribution in [3.63, 3.8) is 0 Å². The number of benzene rings is 1. The lowest BCUT2D eigenvalue weighted by Gasteiger charge is -2.20. The molecule has 0 spiro atoms. The van der Waals surface area contributed by atoms with Gasteiger partial charge in [0.15, 0.2) is 0 Å². The van der Waals surface area contributed by atoms with Gasteiger partial charge in [0.1, 0.15) is 11.4 Å². The van der Waals surface area contributed by atoms with Gasteiger partial charge in [-0.25, -0.2) is 9.78 Å². The minimum atomic E-state index is -0.535. The molecule has 0 bridgehead atoms. The van der Waals surface area contributed by atoms with Crippen molar-refractivity contribution in [2.45, 2.75) is 33.3 Å². The molecule has 106 valence electrons. The Labute approximate surface area is 126 Å². The molecule has 0 radical (unpaired) electrons. The molecular formula is C15H17BrN2O2. The van der Waals surface area contributed by atoms with E-state index < -0.39 is 11.7 Å². The number of hydrogen-bond acceptors (Lipinski definition) is 3. The van der Waals surface area contributed by atoms with E-state index in [-0.39, 0.29) is 0 Å². The van der Waals surface area contributed by atoms with Gasteiger partial charge in [-0.3, -0.25) is 5.32 Å². The van der Waals surface area contributed by atoms with Crippen LogP contribution in [-0.2, 0) is 4.74 Å². The zero-order valence-corrected chi connectivity index (χ0v) is 13.5. The first-order valence-electron chi connectivity index (χ1n) is 6.31. The Bertz CT molecular complexity index is 657. The maximum Gasteiger partial charge on any atom is 0.413 e. The molecule has 4 nitrogen and oxygen atoms in total. The fourth-order valence-corrected chi connectivity index (χ4v) is 2.24. The molecule has 1 aromatic heterocycles. The Balaban J connectivity index is 2.37. The third-order valence-electron chi connectivity index (χ3n) is 2.54. The Morgan fingerprint density at radius 3 is 2.65 bits per heavy atom. The normalized spacial score (nSPS) is 11.4. The topological polar surface area (TPSA) is 51.2 Å². The highest BCUT2D eigenvalue weighted by Gasteiger charge is 2.17. The number of ether oxygens (including phenoxy) is 1. The molecule has 1 aromatic carbocycles. The number of fused-ring (bicyclic) bond motifs is 1. The minimum Gasteiger partial charge on any atom is -0.444 e. The van der Waals surface area contributed by atoms with Crippen LogP contribution in [0.1, 0.15) is 26.5 Å². The minimum absolute atomic E-state index is 0.500. The molecule has 5 heteroatoms. The third-order valence-corrected chi connectivity index (χ3v) is 3.03. The van der Waals surface area contributed by atoms with E-state index in [0.717, 1.165) is 20.9 Å². The van der Waals surface area contributed by atoms with E-state index in [0.29, 0.717) is 5.82 Å². The second kappa shape index (κ2) is 5.40. The first kappa shape index (κ1) is 14.8. The molecule has 0 unspecified atom stereocenters. The number of aromatic nitrogens is 1. The van der Waals surface area contributed by atoms with Crippen molar-refractivity contribution in [3.05, 3.63) is 34.4 Å². The van der Waals surface area contributed by atoms with Gasteiger partial charge in [-0.15, -0.1) is 0 Å². The van der Waals surface area contributed by atoms with Crippen LogP contribution in [0.2, 0.25) is 0 Å². The van der Waals surface area contributed by atoms with Crippen LogP contribution in [0.4, 0.5) is 10.6 Å². The zero-order valence-electron chi connectivity index (χ0n) is 12.0. The second-order valence-electron chi connectivity index (χ2n) is 5.60. The van der Waals surface area contributed by atoms with E-state index in [1.165, 1.54) is 0 Å². The van der Waals surface area contributed by atoms with E-state index in [2.05, 4.69) is 26.2 Å². The molecule has 1 amide bonds. The van der Waals surface area contributed by atoms with Crippen molar-refractivity contribution in [1.29, 1.82) is 0 Å². The van der Waals surface area contributed by atoms with Gasteiger partial charge in [0, 0.05) is 15.6 Å². The molecule has 2 aromatic rings. The number of aryl methyl sites for hydroxylation is 1. The summed E-state index contributed by atoms with van der Waals surface area (Å²) in [5.41, 5.74) is 0.300. The van der Waals surface area contributed by atoms with Crippen LogP contribution in [0.5, 0.6) is 0 Å². The van der Waals surface area contributed by atoms with Crippen LogP contribution < -0.4 is 5.32 Å². The Kier molecular flexibility index (Phi) is 3.99. The SMILES string of the molecule is Cc1cc2cc(Br)ccc2c(NC(=O)OC(C)(C)C)n1. The molecule has 0 saturated carbocycles. The van der Waals surface area contributed by atoms with Gasteiger partial charge in [-0.05, 0) is 57.3 Å². The van der Waals surface area contributed by atoms with Crippen molar-refractivity contribution in [3.8, 4) is 0 Å². The molecule has 20 heavy (non-hydrogen) atoms. The molecule has 2 rings (SSSR count). The van der Waals surface area contributed by atoms with Crippen molar-refractivity contribution in [2.75, 3.05) is 5.32 Å². The van der Waals surface area contributed by atoms with Gasteiger partial charge in [0.25, 0.3) is 0 Å². The van der Waals surface area contributed by atoms with Crippen LogP contribution in [-0.4, -0.2) is 16.7 Å². The Morgan fingerprint density at radius 2 is 2.00 bits per heavy atom. The summed E-state index contributed by atoms with van der Waals surface area (Å²) in [5, 5.41) is 4.61. The number of nitrogens with one attached hydrogen (secondary N) is 1. The Morgan fingerprint density at radius 1 is 1.30 bits per heavy atom. The van der Waals surface area contributed by atoms with E-state index in [9.17, 15) is 4.79 Å². The number of carbonyl (C=O) groups is 1. The second-order valence-corrected chi connectivity index (χ2v) is 6.52. The summed E-state index contributed by atoms with van der Waals surface area (Å²) in [4.78, 5) is 16.2. The van der Waals surface area contributed by atoms with Crippen molar-refractivity contribution >= 4 is 38.6 Å². The molecule has 0 aliphatic heterocycles. The van der Waals surface area contributed by atoms with Crippen molar-refractivity contribution in [2.24, 2.45) is 0 Å². The fraction of sp³-hybridized carbons (Fsp3) is 0.333. The predicted molar refractivity (Wildman–Crippen MR) is 84.0 cm³/mol. The summed E-state index contributed by atoms with van der Waals surface area (Å²) < 4.78 is 6.24. The highest BCUT2D eigenvalue weighted by atomic mass is 79.9. The number of halogens is 1.